The number of carbonyl (C=O) groups is 1. The first-order chi connectivity index (χ1) is 12.8. The number of nitriles is 1. The zero-order chi connectivity index (χ0) is 20.0. The summed E-state index contributed by atoms with van der Waals surface area (Å²) in [6.45, 7) is 3.49. The first-order valence-electron chi connectivity index (χ1n) is 8.15. The summed E-state index contributed by atoms with van der Waals surface area (Å²) >= 11 is 0. The molecule has 0 spiro atoms. The van der Waals surface area contributed by atoms with E-state index < -0.39 is 28.9 Å². The number of nitro groups is 1. The van der Waals surface area contributed by atoms with Gasteiger partial charge in [-0.2, -0.15) is 5.26 Å². The number of amides is 1. The number of halogens is 1. The lowest BCUT2D eigenvalue weighted by Gasteiger charge is -2.24. The monoisotopic (exact) mass is 371 g/mol. The fourth-order valence-corrected chi connectivity index (χ4v) is 2.51. The lowest BCUT2D eigenvalue weighted by atomic mass is 10.1. The largest absolute Gasteiger partial charge is 0.481 e. The van der Waals surface area contributed by atoms with Crippen molar-refractivity contribution in [1.29, 1.82) is 5.26 Å². The summed E-state index contributed by atoms with van der Waals surface area (Å²) in [5.74, 6) is -1.63. The summed E-state index contributed by atoms with van der Waals surface area (Å²) in [7, 11) is 0. The molecule has 27 heavy (non-hydrogen) atoms. The topological polar surface area (TPSA) is 96.5 Å². The van der Waals surface area contributed by atoms with Crippen LogP contribution in [-0.2, 0) is 4.79 Å². The van der Waals surface area contributed by atoms with Crippen LogP contribution in [0.4, 0.5) is 15.8 Å². The molecule has 2 aromatic rings. The molecule has 1 amide bonds. The Morgan fingerprint density at radius 1 is 1.33 bits per heavy atom. The van der Waals surface area contributed by atoms with Crippen molar-refractivity contribution in [3.05, 3.63) is 63.5 Å². The molecule has 0 heterocycles. The van der Waals surface area contributed by atoms with E-state index in [1.165, 1.54) is 4.90 Å². The van der Waals surface area contributed by atoms with Gasteiger partial charge in [0.2, 0.25) is 0 Å². The minimum absolute atomic E-state index is 0.130. The Bertz CT molecular complexity index is 908. The Morgan fingerprint density at radius 3 is 2.70 bits per heavy atom. The molecular formula is C19H18FN3O4. The zero-order valence-electron chi connectivity index (χ0n) is 14.9. The Labute approximate surface area is 155 Å². The standard InChI is InChI=1S/C19H18FN3O4/c1-13-5-3-6-17(14(13)2)22(10-4-9-21)19(24)12-27-18-8-7-15(23(25)26)11-16(18)20/h3,5-8,11H,4,10,12H2,1-2H3. The van der Waals surface area contributed by atoms with E-state index in [-0.39, 0.29) is 18.7 Å². The maximum absolute atomic E-state index is 13.9. The van der Waals surface area contributed by atoms with Gasteiger partial charge in [0, 0.05) is 18.3 Å². The van der Waals surface area contributed by atoms with Crippen LogP contribution in [0.15, 0.2) is 36.4 Å². The predicted molar refractivity (Wildman–Crippen MR) is 97.0 cm³/mol. The van der Waals surface area contributed by atoms with Crippen molar-refractivity contribution in [2.45, 2.75) is 20.3 Å². The lowest BCUT2D eigenvalue weighted by Crippen LogP contribution is -2.36. The molecule has 2 rings (SSSR count). The highest BCUT2D eigenvalue weighted by atomic mass is 19.1. The maximum Gasteiger partial charge on any atom is 0.272 e. The summed E-state index contributed by atoms with van der Waals surface area (Å²) in [6.07, 6.45) is 0.130. The van der Waals surface area contributed by atoms with E-state index >= 15 is 0 Å². The van der Waals surface area contributed by atoms with E-state index in [0.717, 1.165) is 29.3 Å². The number of non-ortho nitro benzene ring substituents is 1. The molecule has 0 saturated heterocycles. The van der Waals surface area contributed by atoms with Gasteiger partial charge in [0.05, 0.1) is 23.5 Å². The summed E-state index contributed by atoms with van der Waals surface area (Å²) in [4.78, 5) is 24.0. The number of aryl methyl sites for hydroxylation is 1. The molecule has 0 aromatic heterocycles. The molecule has 7 nitrogen and oxygen atoms in total. The van der Waals surface area contributed by atoms with Crippen LogP contribution >= 0.6 is 0 Å². The smallest absolute Gasteiger partial charge is 0.272 e. The molecule has 140 valence electrons. The summed E-state index contributed by atoms with van der Waals surface area (Å²) in [5.41, 5.74) is 2.13. The van der Waals surface area contributed by atoms with Gasteiger partial charge >= 0.3 is 0 Å². The van der Waals surface area contributed by atoms with Crippen LogP contribution in [0.1, 0.15) is 17.5 Å². The molecule has 0 radical (unpaired) electrons. The average Bonchev–Trinajstić information content (AvgIpc) is 2.64. The van der Waals surface area contributed by atoms with E-state index in [0.29, 0.717) is 5.69 Å². The van der Waals surface area contributed by atoms with Crippen LogP contribution < -0.4 is 9.64 Å². The van der Waals surface area contributed by atoms with Crippen molar-refractivity contribution >= 4 is 17.3 Å². The van der Waals surface area contributed by atoms with Crippen molar-refractivity contribution in [3.8, 4) is 11.8 Å². The molecule has 0 saturated carbocycles. The van der Waals surface area contributed by atoms with Crippen LogP contribution in [0.2, 0.25) is 0 Å². The second kappa shape index (κ2) is 8.76. The fourth-order valence-electron chi connectivity index (χ4n) is 2.51. The van der Waals surface area contributed by atoms with E-state index in [2.05, 4.69) is 0 Å². The molecular weight excluding hydrogens is 353 g/mol. The molecule has 8 heteroatoms. The van der Waals surface area contributed by atoms with E-state index in [1.54, 1.807) is 12.1 Å². The predicted octanol–water partition coefficient (Wildman–Crippen LogP) is 3.68. The van der Waals surface area contributed by atoms with Crippen molar-refractivity contribution in [2.75, 3.05) is 18.1 Å². The molecule has 2 aromatic carbocycles. The van der Waals surface area contributed by atoms with Gasteiger partial charge in [-0.3, -0.25) is 14.9 Å². The second-order valence-corrected chi connectivity index (χ2v) is 5.83. The van der Waals surface area contributed by atoms with Crippen molar-refractivity contribution in [1.82, 2.24) is 0 Å². The van der Waals surface area contributed by atoms with Crippen LogP contribution in [0.25, 0.3) is 0 Å². The molecule has 0 aliphatic heterocycles. The van der Waals surface area contributed by atoms with Gasteiger partial charge < -0.3 is 9.64 Å². The third-order valence-corrected chi connectivity index (χ3v) is 4.09. The Hall–Kier alpha value is -3.47. The quantitative estimate of drug-likeness (QED) is 0.546. The highest BCUT2D eigenvalue weighted by Gasteiger charge is 2.20. The summed E-state index contributed by atoms with van der Waals surface area (Å²) < 4.78 is 19.1. The number of ether oxygens (including phenoxy) is 1. The summed E-state index contributed by atoms with van der Waals surface area (Å²) in [5, 5.41) is 19.5. The van der Waals surface area contributed by atoms with E-state index in [9.17, 15) is 19.3 Å². The van der Waals surface area contributed by atoms with Crippen LogP contribution in [0.5, 0.6) is 5.75 Å². The fraction of sp³-hybridized carbons (Fsp3) is 0.263. The molecule has 0 bridgehead atoms. The Morgan fingerprint density at radius 2 is 2.07 bits per heavy atom. The normalized spacial score (nSPS) is 10.1. The number of carbonyl (C=O) groups excluding carboxylic acids is 1. The van der Waals surface area contributed by atoms with Crippen molar-refractivity contribution in [2.24, 2.45) is 0 Å². The number of anilines is 1. The minimum atomic E-state index is -0.924. The van der Waals surface area contributed by atoms with E-state index in [1.807, 2.05) is 26.0 Å². The molecule has 0 unspecified atom stereocenters. The number of hydrogen-bond donors (Lipinski definition) is 0. The van der Waals surface area contributed by atoms with E-state index in [4.69, 9.17) is 10.00 Å². The lowest BCUT2D eigenvalue weighted by molar-refractivity contribution is -0.385. The zero-order valence-corrected chi connectivity index (χ0v) is 14.9. The molecule has 0 N–H and O–H groups in total. The third-order valence-electron chi connectivity index (χ3n) is 4.09. The SMILES string of the molecule is Cc1cccc(N(CCC#N)C(=O)COc2ccc([N+](=O)[O-])cc2F)c1C. The molecule has 0 aliphatic carbocycles. The number of hydrogen-bond acceptors (Lipinski definition) is 5. The molecule has 0 fully saturated rings. The number of nitrogens with zero attached hydrogens (tertiary/aromatic N) is 3. The number of nitro benzene ring substituents is 1. The van der Waals surface area contributed by atoms with Gasteiger partial charge in [0.15, 0.2) is 18.2 Å². The maximum atomic E-state index is 13.9. The van der Waals surface area contributed by atoms with Crippen LogP contribution in [0, 0.1) is 41.1 Å². The third kappa shape index (κ3) is 4.79. The highest BCUT2D eigenvalue weighted by molar-refractivity contribution is 5.95. The number of rotatable bonds is 7. The average molecular weight is 371 g/mol. The molecule has 0 aliphatic rings. The highest BCUT2D eigenvalue weighted by Crippen LogP contribution is 2.25. The second-order valence-electron chi connectivity index (χ2n) is 5.83. The van der Waals surface area contributed by atoms with Gasteiger partial charge in [-0.1, -0.05) is 12.1 Å². The van der Waals surface area contributed by atoms with Crippen LogP contribution in [-0.4, -0.2) is 24.0 Å². The van der Waals surface area contributed by atoms with Gasteiger partial charge in [-0.15, -0.1) is 0 Å². The minimum Gasteiger partial charge on any atom is -0.481 e. The Balaban J connectivity index is 2.18. The van der Waals surface area contributed by atoms with Crippen molar-refractivity contribution < 1.29 is 18.8 Å². The van der Waals surface area contributed by atoms with Gasteiger partial charge in [-0.05, 0) is 37.1 Å². The number of benzene rings is 2. The van der Waals surface area contributed by atoms with Gasteiger partial charge in [-0.25, -0.2) is 4.39 Å². The van der Waals surface area contributed by atoms with Gasteiger partial charge in [0.1, 0.15) is 0 Å². The Kier molecular flexibility index (Phi) is 6.44. The van der Waals surface area contributed by atoms with Crippen molar-refractivity contribution in [3.63, 3.8) is 0 Å². The van der Waals surface area contributed by atoms with Gasteiger partial charge in [0.25, 0.3) is 11.6 Å². The first kappa shape index (κ1) is 19.8. The first-order valence-corrected chi connectivity index (χ1v) is 8.15. The molecule has 0 atom stereocenters. The van der Waals surface area contributed by atoms with Crippen LogP contribution in [0.3, 0.4) is 0 Å². The summed E-state index contributed by atoms with van der Waals surface area (Å²) in [6, 6.07) is 10.4.